The SMILES string of the molecule is O=C(O)c1cc(F)cc(COCC2CC2)c1. The minimum Gasteiger partial charge on any atom is -0.478 e. The van der Waals surface area contributed by atoms with Gasteiger partial charge in [0.25, 0.3) is 0 Å². The number of ether oxygens (including phenoxy) is 1. The highest BCUT2D eigenvalue weighted by atomic mass is 19.1. The Kier molecular flexibility index (Phi) is 3.19. The van der Waals surface area contributed by atoms with Crippen LogP contribution >= 0.6 is 0 Å². The van der Waals surface area contributed by atoms with Crippen molar-refractivity contribution in [3.8, 4) is 0 Å². The summed E-state index contributed by atoms with van der Waals surface area (Å²) in [6.45, 7) is 0.952. The molecule has 1 N–H and O–H groups in total. The van der Waals surface area contributed by atoms with Crippen molar-refractivity contribution in [3.63, 3.8) is 0 Å². The van der Waals surface area contributed by atoms with Crippen molar-refractivity contribution < 1.29 is 19.0 Å². The van der Waals surface area contributed by atoms with Gasteiger partial charge in [-0.15, -0.1) is 0 Å². The summed E-state index contributed by atoms with van der Waals surface area (Å²) in [5.41, 5.74) is 0.531. The fourth-order valence-corrected chi connectivity index (χ4v) is 1.49. The summed E-state index contributed by atoms with van der Waals surface area (Å²) < 4.78 is 18.4. The Labute approximate surface area is 92.9 Å². The van der Waals surface area contributed by atoms with Gasteiger partial charge in [-0.25, -0.2) is 9.18 Å². The summed E-state index contributed by atoms with van der Waals surface area (Å²) in [6, 6.07) is 3.75. The van der Waals surface area contributed by atoms with Gasteiger partial charge in [-0.05, 0) is 42.5 Å². The number of halogens is 1. The molecule has 0 amide bonds. The Morgan fingerprint density at radius 2 is 2.19 bits per heavy atom. The van der Waals surface area contributed by atoms with Crippen molar-refractivity contribution in [3.05, 3.63) is 35.1 Å². The highest BCUT2D eigenvalue weighted by molar-refractivity contribution is 5.87. The molecule has 0 radical (unpaired) electrons. The van der Waals surface area contributed by atoms with Gasteiger partial charge in [-0.2, -0.15) is 0 Å². The molecule has 0 atom stereocenters. The first-order valence-electron chi connectivity index (χ1n) is 5.25. The van der Waals surface area contributed by atoms with E-state index >= 15 is 0 Å². The Morgan fingerprint density at radius 3 is 2.81 bits per heavy atom. The molecule has 86 valence electrons. The maximum atomic E-state index is 13.1. The molecule has 4 heteroatoms. The molecule has 1 aliphatic carbocycles. The van der Waals surface area contributed by atoms with E-state index < -0.39 is 11.8 Å². The van der Waals surface area contributed by atoms with E-state index in [0.29, 0.717) is 18.1 Å². The van der Waals surface area contributed by atoms with E-state index in [-0.39, 0.29) is 12.2 Å². The van der Waals surface area contributed by atoms with Gasteiger partial charge in [0.15, 0.2) is 0 Å². The van der Waals surface area contributed by atoms with E-state index in [9.17, 15) is 9.18 Å². The minimum atomic E-state index is -1.12. The maximum absolute atomic E-state index is 13.1. The standard InChI is InChI=1S/C12H13FO3/c13-11-4-9(3-10(5-11)12(14)15)7-16-6-8-1-2-8/h3-5,8H,1-2,6-7H2,(H,14,15). The summed E-state index contributed by atoms with van der Waals surface area (Å²) >= 11 is 0. The van der Waals surface area contributed by atoms with Crippen LogP contribution in [0.4, 0.5) is 4.39 Å². The van der Waals surface area contributed by atoms with Crippen LogP contribution in [0.1, 0.15) is 28.8 Å². The van der Waals surface area contributed by atoms with Crippen LogP contribution in [0.15, 0.2) is 18.2 Å². The topological polar surface area (TPSA) is 46.5 Å². The zero-order chi connectivity index (χ0) is 11.5. The highest BCUT2D eigenvalue weighted by Gasteiger charge is 2.21. The zero-order valence-electron chi connectivity index (χ0n) is 8.78. The number of carbonyl (C=O) groups is 1. The van der Waals surface area contributed by atoms with Gasteiger partial charge in [0.05, 0.1) is 12.2 Å². The number of benzene rings is 1. The van der Waals surface area contributed by atoms with Crippen molar-refractivity contribution in [1.82, 2.24) is 0 Å². The summed E-state index contributed by atoms with van der Waals surface area (Å²) in [5.74, 6) is -1.01. The van der Waals surface area contributed by atoms with Crippen molar-refractivity contribution in [2.45, 2.75) is 19.4 Å². The third-order valence-corrected chi connectivity index (χ3v) is 2.52. The second kappa shape index (κ2) is 4.61. The smallest absolute Gasteiger partial charge is 0.335 e. The molecule has 1 saturated carbocycles. The molecule has 1 aromatic rings. The van der Waals surface area contributed by atoms with Crippen LogP contribution < -0.4 is 0 Å². The van der Waals surface area contributed by atoms with Crippen LogP contribution in [-0.4, -0.2) is 17.7 Å². The van der Waals surface area contributed by atoms with E-state index in [1.165, 1.54) is 25.0 Å². The number of aromatic carboxylic acids is 1. The molecule has 16 heavy (non-hydrogen) atoms. The highest BCUT2D eigenvalue weighted by Crippen LogP contribution is 2.29. The first-order valence-corrected chi connectivity index (χ1v) is 5.25. The maximum Gasteiger partial charge on any atom is 0.335 e. The Morgan fingerprint density at radius 1 is 1.44 bits per heavy atom. The lowest BCUT2D eigenvalue weighted by Crippen LogP contribution is -2.02. The van der Waals surface area contributed by atoms with Crippen molar-refractivity contribution in [1.29, 1.82) is 0 Å². The van der Waals surface area contributed by atoms with Crippen LogP contribution in [0.3, 0.4) is 0 Å². The lowest BCUT2D eigenvalue weighted by molar-refractivity contribution is 0.0695. The second-order valence-electron chi connectivity index (χ2n) is 4.11. The van der Waals surface area contributed by atoms with E-state index in [4.69, 9.17) is 9.84 Å². The molecule has 1 aromatic carbocycles. The lowest BCUT2D eigenvalue weighted by atomic mass is 10.1. The third-order valence-electron chi connectivity index (χ3n) is 2.52. The quantitative estimate of drug-likeness (QED) is 0.835. The van der Waals surface area contributed by atoms with E-state index in [2.05, 4.69) is 0 Å². The monoisotopic (exact) mass is 224 g/mol. The summed E-state index contributed by atoms with van der Waals surface area (Å²) in [4.78, 5) is 10.7. The summed E-state index contributed by atoms with van der Waals surface area (Å²) in [7, 11) is 0. The van der Waals surface area contributed by atoms with Gasteiger partial charge >= 0.3 is 5.97 Å². The van der Waals surface area contributed by atoms with E-state index in [1.54, 1.807) is 0 Å². The molecule has 0 heterocycles. The van der Waals surface area contributed by atoms with E-state index in [1.807, 2.05) is 0 Å². The zero-order valence-corrected chi connectivity index (χ0v) is 8.78. The first kappa shape index (κ1) is 11.1. The average Bonchev–Trinajstić information content (AvgIpc) is 3.01. The summed E-state index contributed by atoms with van der Waals surface area (Å²) in [5, 5.41) is 8.75. The van der Waals surface area contributed by atoms with Gasteiger partial charge in [0.2, 0.25) is 0 Å². The first-order chi connectivity index (χ1) is 7.65. The largest absolute Gasteiger partial charge is 0.478 e. The van der Waals surface area contributed by atoms with Crippen LogP contribution in [-0.2, 0) is 11.3 Å². The van der Waals surface area contributed by atoms with Crippen LogP contribution in [0.5, 0.6) is 0 Å². The average molecular weight is 224 g/mol. The molecular formula is C12H13FO3. The van der Waals surface area contributed by atoms with E-state index in [0.717, 1.165) is 6.07 Å². The fraction of sp³-hybridized carbons (Fsp3) is 0.417. The van der Waals surface area contributed by atoms with Crippen LogP contribution in [0.2, 0.25) is 0 Å². The Balaban J connectivity index is 1.98. The molecule has 0 bridgehead atoms. The Hall–Kier alpha value is -1.42. The molecule has 0 unspecified atom stereocenters. The molecular weight excluding hydrogens is 211 g/mol. The number of hydrogen-bond donors (Lipinski definition) is 1. The molecule has 1 aliphatic rings. The predicted molar refractivity (Wildman–Crippen MR) is 55.7 cm³/mol. The number of rotatable bonds is 5. The summed E-state index contributed by atoms with van der Waals surface area (Å²) in [6.07, 6.45) is 2.40. The van der Waals surface area contributed by atoms with Gasteiger partial charge in [0.1, 0.15) is 5.82 Å². The van der Waals surface area contributed by atoms with Gasteiger partial charge in [-0.1, -0.05) is 0 Å². The molecule has 2 rings (SSSR count). The Bertz CT molecular complexity index is 399. The molecule has 1 fully saturated rings. The number of carboxylic acids is 1. The molecule has 3 nitrogen and oxygen atoms in total. The molecule has 0 spiro atoms. The van der Waals surface area contributed by atoms with Gasteiger partial charge in [-0.3, -0.25) is 0 Å². The number of carboxylic acid groups (broad SMARTS) is 1. The normalized spacial score (nSPS) is 15.1. The third kappa shape index (κ3) is 3.03. The molecule has 0 aromatic heterocycles. The van der Waals surface area contributed by atoms with Crippen molar-refractivity contribution >= 4 is 5.97 Å². The number of hydrogen-bond acceptors (Lipinski definition) is 2. The predicted octanol–water partition coefficient (Wildman–Crippen LogP) is 2.45. The van der Waals surface area contributed by atoms with Crippen molar-refractivity contribution in [2.75, 3.05) is 6.61 Å². The van der Waals surface area contributed by atoms with Crippen LogP contribution in [0, 0.1) is 11.7 Å². The minimum absolute atomic E-state index is 0.0370. The molecule has 0 aliphatic heterocycles. The van der Waals surface area contributed by atoms with Gasteiger partial charge in [0, 0.05) is 6.61 Å². The fourth-order valence-electron chi connectivity index (χ4n) is 1.49. The molecule has 0 saturated heterocycles. The van der Waals surface area contributed by atoms with Gasteiger partial charge < -0.3 is 9.84 Å². The van der Waals surface area contributed by atoms with Crippen LogP contribution in [0.25, 0.3) is 0 Å². The van der Waals surface area contributed by atoms with Crippen molar-refractivity contribution in [2.24, 2.45) is 5.92 Å². The lowest BCUT2D eigenvalue weighted by Gasteiger charge is -2.04. The second-order valence-corrected chi connectivity index (χ2v) is 4.11.